The molecule has 0 bridgehead atoms. The molecule has 5 heteroatoms. The molecule has 1 saturated carbocycles. The Morgan fingerprint density at radius 1 is 1.33 bits per heavy atom. The van der Waals surface area contributed by atoms with Gasteiger partial charge < -0.3 is 15.7 Å². The summed E-state index contributed by atoms with van der Waals surface area (Å²) < 4.78 is 0. The smallest absolute Gasteiger partial charge is 0.337 e. The van der Waals surface area contributed by atoms with Gasteiger partial charge in [-0.05, 0) is 43.2 Å². The van der Waals surface area contributed by atoms with Crippen molar-refractivity contribution in [1.29, 1.82) is 0 Å². The third-order valence-corrected chi connectivity index (χ3v) is 4.10. The topological polar surface area (TPSA) is 78.4 Å². The minimum Gasteiger partial charge on any atom is -0.478 e. The summed E-state index contributed by atoms with van der Waals surface area (Å²) in [6.07, 6.45) is 3.51. The number of hydrogen-bond donors (Lipinski definition) is 3. The van der Waals surface area contributed by atoms with E-state index in [9.17, 15) is 9.59 Å². The lowest BCUT2D eigenvalue weighted by Crippen LogP contribution is -2.33. The van der Waals surface area contributed by atoms with Crippen LogP contribution in [0.5, 0.6) is 0 Å². The van der Waals surface area contributed by atoms with Crippen LogP contribution in [0.25, 0.3) is 0 Å². The quantitative estimate of drug-likeness (QED) is 0.796. The van der Waals surface area contributed by atoms with Crippen molar-refractivity contribution in [3.05, 3.63) is 29.3 Å². The van der Waals surface area contributed by atoms with Crippen LogP contribution in [0.1, 0.15) is 42.1 Å². The van der Waals surface area contributed by atoms with Gasteiger partial charge in [-0.1, -0.05) is 25.5 Å². The molecule has 5 nitrogen and oxygen atoms in total. The Bertz CT molecular complexity index is 542. The van der Waals surface area contributed by atoms with Gasteiger partial charge in [0.2, 0.25) is 0 Å². The van der Waals surface area contributed by atoms with E-state index in [-0.39, 0.29) is 11.6 Å². The highest BCUT2D eigenvalue weighted by atomic mass is 16.4. The third-order valence-electron chi connectivity index (χ3n) is 4.10. The molecule has 21 heavy (non-hydrogen) atoms. The van der Waals surface area contributed by atoms with Gasteiger partial charge in [0, 0.05) is 6.54 Å². The van der Waals surface area contributed by atoms with Crippen LogP contribution >= 0.6 is 0 Å². The number of carbonyl (C=O) groups is 2. The molecule has 0 radical (unpaired) electrons. The first kappa shape index (κ1) is 15.4. The fourth-order valence-corrected chi connectivity index (χ4v) is 2.92. The normalized spacial score (nSPS) is 21.0. The Morgan fingerprint density at radius 3 is 2.71 bits per heavy atom. The predicted molar refractivity (Wildman–Crippen MR) is 81.7 cm³/mol. The second-order valence-corrected chi connectivity index (χ2v) is 5.92. The molecule has 0 heterocycles. The minimum atomic E-state index is -1.04. The van der Waals surface area contributed by atoms with E-state index in [0.717, 1.165) is 24.3 Å². The second-order valence-electron chi connectivity index (χ2n) is 5.92. The number of hydrogen-bond acceptors (Lipinski definition) is 2. The van der Waals surface area contributed by atoms with Crippen LogP contribution < -0.4 is 10.6 Å². The Morgan fingerprint density at radius 2 is 2.10 bits per heavy atom. The molecule has 1 aliphatic rings. The minimum absolute atomic E-state index is 0.111. The van der Waals surface area contributed by atoms with E-state index < -0.39 is 5.97 Å². The number of aryl methyl sites for hydroxylation is 1. The Balaban J connectivity index is 1.95. The van der Waals surface area contributed by atoms with Crippen molar-refractivity contribution in [1.82, 2.24) is 5.32 Å². The van der Waals surface area contributed by atoms with Crippen molar-refractivity contribution in [2.45, 2.75) is 33.1 Å². The van der Waals surface area contributed by atoms with Crippen LogP contribution in [0.2, 0.25) is 0 Å². The SMILES string of the molecule is Cc1cccc(C(=O)O)c1NC(=O)NCC1CCC(C)C1. The predicted octanol–water partition coefficient (Wildman–Crippen LogP) is 3.25. The molecule has 2 unspecified atom stereocenters. The van der Waals surface area contributed by atoms with E-state index in [1.807, 2.05) is 0 Å². The van der Waals surface area contributed by atoms with Crippen LogP contribution in [-0.2, 0) is 0 Å². The number of benzene rings is 1. The molecule has 1 aromatic carbocycles. The first-order valence-electron chi connectivity index (χ1n) is 7.35. The molecule has 1 fully saturated rings. The van der Waals surface area contributed by atoms with Crippen molar-refractivity contribution in [2.75, 3.05) is 11.9 Å². The fraction of sp³-hybridized carbons (Fsp3) is 0.500. The first-order valence-corrected chi connectivity index (χ1v) is 7.35. The van der Waals surface area contributed by atoms with Gasteiger partial charge in [0.15, 0.2) is 0 Å². The van der Waals surface area contributed by atoms with Crippen molar-refractivity contribution < 1.29 is 14.7 Å². The summed E-state index contributed by atoms with van der Waals surface area (Å²) in [5, 5.41) is 14.7. The summed E-state index contributed by atoms with van der Waals surface area (Å²) in [5.41, 5.74) is 1.21. The summed E-state index contributed by atoms with van der Waals surface area (Å²) >= 11 is 0. The molecule has 1 aromatic rings. The highest BCUT2D eigenvalue weighted by Crippen LogP contribution is 2.29. The van der Waals surface area contributed by atoms with Crippen LogP contribution in [0.15, 0.2) is 18.2 Å². The number of aromatic carboxylic acids is 1. The zero-order valence-corrected chi connectivity index (χ0v) is 12.5. The molecule has 0 aromatic heterocycles. The number of para-hydroxylation sites is 1. The van der Waals surface area contributed by atoms with Crippen LogP contribution in [-0.4, -0.2) is 23.7 Å². The molecule has 2 rings (SSSR count). The lowest BCUT2D eigenvalue weighted by molar-refractivity contribution is 0.0698. The zero-order chi connectivity index (χ0) is 15.4. The number of rotatable bonds is 4. The van der Waals surface area contributed by atoms with E-state index in [4.69, 9.17) is 5.11 Å². The Hall–Kier alpha value is -2.04. The number of carboxylic acids is 1. The average molecular weight is 290 g/mol. The van der Waals surface area contributed by atoms with Gasteiger partial charge in [-0.25, -0.2) is 9.59 Å². The largest absolute Gasteiger partial charge is 0.478 e. The lowest BCUT2D eigenvalue weighted by atomic mass is 10.1. The first-order chi connectivity index (χ1) is 9.97. The maximum Gasteiger partial charge on any atom is 0.337 e. The standard InChI is InChI=1S/C16H22N2O3/c1-10-6-7-12(8-10)9-17-16(21)18-14-11(2)4-3-5-13(14)15(19)20/h3-5,10,12H,6-9H2,1-2H3,(H,19,20)(H2,17,18,21). The van der Waals surface area contributed by atoms with Crippen molar-refractivity contribution in [2.24, 2.45) is 11.8 Å². The summed E-state index contributed by atoms with van der Waals surface area (Å²) in [7, 11) is 0. The number of amides is 2. The summed E-state index contributed by atoms with van der Waals surface area (Å²) in [5.74, 6) is 0.218. The molecular formula is C16H22N2O3. The van der Waals surface area contributed by atoms with E-state index in [0.29, 0.717) is 18.2 Å². The molecule has 3 N–H and O–H groups in total. The van der Waals surface area contributed by atoms with E-state index in [1.54, 1.807) is 19.1 Å². The van der Waals surface area contributed by atoms with E-state index in [2.05, 4.69) is 17.6 Å². The average Bonchev–Trinajstić information content (AvgIpc) is 2.84. The third kappa shape index (κ3) is 3.97. The van der Waals surface area contributed by atoms with Crippen LogP contribution in [0.4, 0.5) is 10.5 Å². The van der Waals surface area contributed by atoms with Crippen LogP contribution in [0.3, 0.4) is 0 Å². The summed E-state index contributed by atoms with van der Waals surface area (Å²) in [4.78, 5) is 23.1. The second kappa shape index (κ2) is 6.61. The Kier molecular flexibility index (Phi) is 4.83. The van der Waals surface area contributed by atoms with Gasteiger partial charge in [0.05, 0.1) is 11.3 Å². The van der Waals surface area contributed by atoms with Gasteiger partial charge in [0.25, 0.3) is 0 Å². The van der Waals surface area contributed by atoms with Crippen LogP contribution in [0, 0.1) is 18.8 Å². The van der Waals surface area contributed by atoms with Crippen molar-refractivity contribution in [3.8, 4) is 0 Å². The zero-order valence-electron chi connectivity index (χ0n) is 12.5. The van der Waals surface area contributed by atoms with E-state index in [1.165, 1.54) is 12.5 Å². The van der Waals surface area contributed by atoms with Gasteiger partial charge in [-0.15, -0.1) is 0 Å². The highest BCUT2D eigenvalue weighted by Gasteiger charge is 2.22. The molecule has 0 spiro atoms. The maximum absolute atomic E-state index is 12.0. The molecule has 2 atom stereocenters. The van der Waals surface area contributed by atoms with Gasteiger partial charge in [-0.2, -0.15) is 0 Å². The molecule has 2 amide bonds. The summed E-state index contributed by atoms with van der Waals surface area (Å²) in [6.45, 7) is 4.65. The number of nitrogens with one attached hydrogen (secondary N) is 2. The number of carboxylic acid groups (broad SMARTS) is 1. The van der Waals surface area contributed by atoms with Gasteiger partial charge in [-0.3, -0.25) is 0 Å². The molecule has 114 valence electrons. The lowest BCUT2D eigenvalue weighted by Gasteiger charge is -2.14. The molecule has 0 saturated heterocycles. The fourth-order valence-electron chi connectivity index (χ4n) is 2.92. The monoisotopic (exact) mass is 290 g/mol. The number of carbonyl (C=O) groups excluding carboxylic acids is 1. The van der Waals surface area contributed by atoms with Gasteiger partial charge >= 0.3 is 12.0 Å². The number of anilines is 1. The van der Waals surface area contributed by atoms with Crippen molar-refractivity contribution in [3.63, 3.8) is 0 Å². The Labute approximate surface area is 124 Å². The highest BCUT2D eigenvalue weighted by molar-refractivity contribution is 6.00. The molecular weight excluding hydrogens is 268 g/mol. The van der Waals surface area contributed by atoms with Crippen molar-refractivity contribution >= 4 is 17.7 Å². The summed E-state index contributed by atoms with van der Waals surface area (Å²) in [6, 6.07) is 4.60. The number of urea groups is 1. The molecule has 1 aliphatic carbocycles. The van der Waals surface area contributed by atoms with Gasteiger partial charge in [0.1, 0.15) is 0 Å². The molecule has 0 aliphatic heterocycles. The maximum atomic E-state index is 12.0. The van der Waals surface area contributed by atoms with E-state index >= 15 is 0 Å².